The third kappa shape index (κ3) is 2.90. The first-order chi connectivity index (χ1) is 10.3. The third-order valence-corrected chi connectivity index (χ3v) is 3.90. The molecule has 0 aliphatic carbocycles. The van der Waals surface area contributed by atoms with Gasteiger partial charge in [0.25, 0.3) is 0 Å². The van der Waals surface area contributed by atoms with E-state index >= 15 is 0 Å². The Morgan fingerprint density at radius 2 is 2.29 bits per heavy atom. The smallest absolute Gasteiger partial charge is 0.153 e. The normalized spacial score (nSPS) is 10.3. The number of rotatable bonds is 4. The quantitative estimate of drug-likeness (QED) is 0.800. The summed E-state index contributed by atoms with van der Waals surface area (Å²) in [4.78, 5) is 1.12. The number of hydrogen-bond donors (Lipinski definition) is 1. The molecule has 1 N–H and O–H groups in total. The van der Waals surface area contributed by atoms with Gasteiger partial charge in [-0.25, -0.2) is 0 Å². The fourth-order valence-electron chi connectivity index (χ4n) is 1.94. The van der Waals surface area contributed by atoms with Crippen LogP contribution in [-0.2, 0) is 6.54 Å². The minimum absolute atomic E-state index is 0.685. The van der Waals surface area contributed by atoms with Crippen molar-refractivity contribution in [3.63, 3.8) is 0 Å². The highest BCUT2D eigenvalue weighted by molar-refractivity contribution is 7.10. The van der Waals surface area contributed by atoms with Gasteiger partial charge in [-0.1, -0.05) is 6.07 Å². The maximum absolute atomic E-state index is 8.82. The van der Waals surface area contributed by atoms with Crippen LogP contribution in [0, 0.1) is 18.3 Å². The predicted molar refractivity (Wildman–Crippen MR) is 80.3 cm³/mol. The van der Waals surface area contributed by atoms with E-state index in [0.717, 1.165) is 22.1 Å². The molecule has 3 rings (SSSR count). The van der Waals surface area contributed by atoms with Gasteiger partial charge in [-0.05, 0) is 41.6 Å². The number of nitriles is 1. The third-order valence-electron chi connectivity index (χ3n) is 2.97. The van der Waals surface area contributed by atoms with Crippen LogP contribution in [0.15, 0.2) is 35.7 Å². The lowest BCUT2D eigenvalue weighted by Crippen LogP contribution is -2.02. The Hall–Kier alpha value is -2.72. The number of aromatic nitrogens is 4. The van der Waals surface area contributed by atoms with Crippen molar-refractivity contribution in [3.8, 4) is 11.8 Å². The Balaban J connectivity index is 1.75. The average molecular weight is 296 g/mol. The second-order valence-electron chi connectivity index (χ2n) is 4.46. The van der Waals surface area contributed by atoms with Crippen molar-refractivity contribution in [1.82, 2.24) is 20.2 Å². The van der Waals surface area contributed by atoms with E-state index in [9.17, 15) is 0 Å². The molecule has 0 unspecified atom stereocenters. The highest BCUT2D eigenvalue weighted by Gasteiger charge is 2.04. The van der Waals surface area contributed by atoms with E-state index in [2.05, 4.69) is 26.9 Å². The van der Waals surface area contributed by atoms with E-state index in [-0.39, 0.29) is 0 Å². The Morgan fingerprint density at radius 3 is 3.00 bits per heavy atom. The fourth-order valence-corrected chi connectivity index (χ4v) is 2.69. The van der Waals surface area contributed by atoms with Crippen LogP contribution in [0.25, 0.3) is 5.69 Å². The molecule has 0 aliphatic heterocycles. The molecule has 0 fully saturated rings. The second kappa shape index (κ2) is 5.73. The number of nitrogens with one attached hydrogen (secondary N) is 1. The van der Waals surface area contributed by atoms with E-state index in [1.54, 1.807) is 16.0 Å². The van der Waals surface area contributed by atoms with Crippen molar-refractivity contribution in [2.24, 2.45) is 0 Å². The molecule has 7 heteroatoms. The molecule has 6 nitrogen and oxygen atoms in total. The second-order valence-corrected chi connectivity index (χ2v) is 5.45. The number of hydrogen-bond acceptors (Lipinski definition) is 6. The summed E-state index contributed by atoms with van der Waals surface area (Å²) < 4.78 is 1.68. The number of aryl methyl sites for hydroxylation is 1. The molecule has 1 aromatic carbocycles. The summed E-state index contributed by atoms with van der Waals surface area (Å²) in [5, 5.41) is 25.5. The lowest BCUT2D eigenvalue weighted by atomic mass is 10.2. The lowest BCUT2D eigenvalue weighted by molar-refractivity contribution is 0.779. The molecule has 2 heterocycles. The summed E-state index contributed by atoms with van der Waals surface area (Å²) in [6.07, 6.45) is 0. The SMILES string of the molecule is Cc1nnnn1-c1cccc(NCc2cc(C#N)cs2)c1. The summed E-state index contributed by atoms with van der Waals surface area (Å²) in [6.45, 7) is 2.54. The summed E-state index contributed by atoms with van der Waals surface area (Å²) in [7, 11) is 0. The van der Waals surface area contributed by atoms with E-state index in [1.165, 1.54) is 0 Å². The number of benzene rings is 1. The van der Waals surface area contributed by atoms with Gasteiger partial charge in [0.05, 0.1) is 11.3 Å². The van der Waals surface area contributed by atoms with Gasteiger partial charge in [-0.3, -0.25) is 0 Å². The number of anilines is 1. The first-order valence-electron chi connectivity index (χ1n) is 6.33. The monoisotopic (exact) mass is 296 g/mol. The Bertz CT molecular complexity index is 798. The van der Waals surface area contributed by atoms with Gasteiger partial charge in [0.2, 0.25) is 0 Å². The topological polar surface area (TPSA) is 79.4 Å². The molecule has 0 radical (unpaired) electrons. The molecule has 3 aromatic rings. The van der Waals surface area contributed by atoms with Crippen LogP contribution >= 0.6 is 11.3 Å². The van der Waals surface area contributed by atoms with Crippen molar-refractivity contribution in [2.45, 2.75) is 13.5 Å². The zero-order valence-corrected chi connectivity index (χ0v) is 12.1. The van der Waals surface area contributed by atoms with Crippen LogP contribution in [0.1, 0.15) is 16.3 Å². The van der Waals surface area contributed by atoms with Crippen molar-refractivity contribution in [3.05, 3.63) is 52.0 Å². The summed E-state index contributed by atoms with van der Waals surface area (Å²) in [6, 6.07) is 11.9. The van der Waals surface area contributed by atoms with Crippen LogP contribution in [-0.4, -0.2) is 20.2 Å². The highest BCUT2D eigenvalue weighted by atomic mass is 32.1. The number of thiophene rings is 1. The zero-order chi connectivity index (χ0) is 14.7. The molecule has 0 bridgehead atoms. The van der Waals surface area contributed by atoms with Gasteiger partial charge in [0.1, 0.15) is 6.07 Å². The Kier molecular flexibility index (Phi) is 3.62. The van der Waals surface area contributed by atoms with Crippen LogP contribution in [0.4, 0.5) is 5.69 Å². The first kappa shape index (κ1) is 13.3. The largest absolute Gasteiger partial charge is 0.380 e. The van der Waals surface area contributed by atoms with E-state index < -0.39 is 0 Å². The van der Waals surface area contributed by atoms with Gasteiger partial charge < -0.3 is 5.32 Å². The molecule has 2 aromatic heterocycles. The molecule has 0 saturated carbocycles. The Morgan fingerprint density at radius 1 is 1.38 bits per heavy atom. The van der Waals surface area contributed by atoms with Gasteiger partial charge >= 0.3 is 0 Å². The molecule has 0 saturated heterocycles. The van der Waals surface area contributed by atoms with E-state index in [0.29, 0.717) is 12.1 Å². The van der Waals surface area contributed by atoms with Crippen LogP contribution in [0.3, 0.4) is 0 Å². The van der Waals surface area contributed by atoms with E-state index in [1.807, 2.05) is 42.6 Å². The molecule has 0 aliphatic rings. The molecule has 0 atom stereocenters. The van der Waals surface area contributed by atoms with Crippen molar-refractivity contribution in [1.29, 1.82) is 5.26 Å². The summed E-state index contributed by atoms with van der Waals surface area (Å²) >= 11 is 1.58. The highest BCUT2D eigenvalue weighted by Crippen LogP contribution is 2.18. The zero-order valence-electron chi connectivity index (χ0n) is 11.3. The summed E-state index contributed by atoms with van der Waals surface area (Å²) in [5.41, 5.74) is 2.59. The molecule has 0 spiro atoms. The molecule has 21 heavy (non-hydrogen) atoms. The molecule has 0 amide bonds. The Labute approximate surface area is 125 Å². The number of tetrazole rings is 1. The molecular formula is C14H12N6S. The van der Waals surface area contributed by atoms with Gasteiger partial charge in [-0.2, -0.15) is 9.94 Å². The van der Waals surface area contributed by atoms with Gasteiger partial charge in [0, 0.05) is 22.5 Å². The van der Waals surface area contributed by atoms with Crippen molar-refractivity contribution in [2.75, 3.05) is 5.32 Å². The maximum atomic E-state index is 8.82. The van der Waals surface area contributed by atoms with Gasteiger partial charge in [0.15, 0.2) is 5.82 Å². The summed E-state index contributed by atoms with van der Waals surface area (Å²) in [5.74, 6) is 0.740. The van der Waals surface area contributed by atoms with Crippen molar-refractivity contribution >= 4 is 17.0 Å². The lowest BCUT2D eigenvalue weighted by Gasteiger charge is -2.07. The standard InChI is InChI=1S/C14H12N6S/c1-10-17-18-19-20(10)13-4-2-3-12(6-13)16-8-14-5-11(7-15)9-21-14/h2-6,9,16H,8H2,1H3. The minimum atomic E-state index is 0.685. The predicted octanol–water partition coefficient (Wildman–Crippen LogP) is 2.52. The molecular weight excluding hydrogens is 284 g/mol. The fraction of sp³-hybridized carbons (Fsp3) is 0.143. The van der Waals surface area contributed by atoms with Crippen molar-refractivity contribution < 1.29 is 0 Å². The van der Waals surface area contributed by atoms with Gasteiger partial charge in [-0.15, -0.1) is 16.4 Å². The number of nitrogens with zero attached hydrogens (tertiary/aromatic N) is 5. The average Bonchev–Trinajstić information content (AvgIpc) is 3.14. The first-order valence-corrected chi connectivity index (χ1v) is 7.21. The molecule has 104 valence electrons. The van der Waals surface area contributed by atoms with Crippen LogP contribution in [0.5, 0.6) is 0 Å². The van der Waals surface area contributed by atoms with Crippen LogP contribution in [0.2, 0.25) is 0 Å². The van der Waals surface area contributed by atoms with Crippen LogP contribution < -0.4 is 5.32 Å². The van der Waals surface area contributed by atoms with E-state index in [4.69, 9.17) is 5.26 Å². The minimum Gasteiger partial charge on any atom is -0.380 e. The maximum Gasteiger partial charge on any atom is 0.153 e.